The molecular formula is C22H22N4O2S. The monoisotopic (exact) mass is 406 g/mol. The van der Waals surface area contributed by atoms with E-state index in [2.05, 4.69) is 4.98 Å². The van der Waals surface area contributed by atoms with E-state index in [1.54, 1.807) is 29.4 Å². The van der Waals surface area contributed by atoms with Crippen LogP contribution in [0.25, 0.3) is 10.6 Å². The number of anilines is 1. The summed E-state index contributed by atoms with van der Waals surface area (Å²) in [5, 5.41) is 2.81. The van der Waals surface area contributed by atoms with E-state index in [0.29, 0.717) is 24.9 Å². The van der Waals surface area contributed by atoms with Crippen molar-refractivity contribution < 1.29 is 9.59 Å². The highest BCUT2D eigenvalue weighted by Gasteiger charge is 2.48. The minimum absolute atomic E-state index is 0.0169. The second-order valence-corrected chi connectivity index (χ2v) is 7.96. The number of amides is 2. The quantitative estimate of drug-likeness (QED) is 0.702. The van der Waals surface area contributed by atoms with Crippen molar-refractivity contribution in [3.63, 3.8) is 0 Å². The Labute approximate surface area is 173 Å². The summed E-state index contributed by atoms with van der Waals surface area (Å²) in [4.78, 5) is 36.4. The van der Waals surface area contributed by atoms with Gasteiger partial charge in [-0.25, -0.2) is 4.98 Å². The van der Waals surface area contributed by atoms with Gasteiger partial charge in [-0.1, -0.05) is 13.0 Å². The maximum absolute atomic E-state index is 13.7. The van der Waals surface area contributed by atoms with Gasteiger partial charge in [0.15, 0.2) is 0 Å². The number of nitrogens with zero attached hydrogens (tertiary/aromatic N) is 3. The zero-order valence-electron chi connectivity index (χ0n) is 16.4. The van der Waals surface area contributed by atoms with Crippen LogP contribution in [0.2, 0.25) is 0 Å². The minimum atomic E-state index is -0.823. The molecule has 0 spiro atoms. The van der Waals surface area contributed by atoms with Gasteiger partial charge in [-0.05, 0) is 49.6 Å². The number of hydrogen-bond donors (Lipinski definition) is 1. The van der Waals surface area contributed by atoms with Crippen LogP contribution in [0.15, 0.2) is 48.1 Å². The van der Waals surface area contributed by atoms with Crippen molar-refractivity contribution in [3.8, 4) is 10.6 Å². The predicted molar refractivity (Wildman–Crippen MR) is 114 cm³/mol. The molecule has 0 fully saturated rings. The van der Waals surface area contributed by atoms with Crippen LogP contribution in [0, 0.1) is 0 Å². The van der Waals surface area contributed by atoms with E-state index in [4.69, 9.17) is 10.7 Å². The molecule has 0 saturated heterocycles. The van der Waals surface area contributed by atoms with E-state index in [0.717, 1.165) is 27.5 Å². The molecule has 0 saturated carbocycles. The number of benzene rings is 1. The van der Waals surface area contributed by atoms with Crippen molar-refractivity contribution in [3.05, 3.63) is 64.9 Å². The van der Waals surface area contributed by atoms with Gasteiger partial charge in [0.25, 0.3) is 0 Å². The fourth-order valence-corrected chi connectivity index (χ4v) is 5.01. The third kappa shape index (κ3) is 3.02. The predicted octanol–water partition coefficient (Wildman–Crippen LogP) is 3.56. The van der Waals surface area contributed by atoms with Crippen LogP contribution < -0.4 is 10.6 Å². The topological polar surface area (TPSA) is 89.2 Å². The molecule has 1 aromatic carbocycles. The highest BCUT2D eigenvalue weighted by molar-refractivity contribution is 7.13. The Morgan fingerprint density at radius 2 is 2.00 bits per heavy atom. The zero-order valence-corrected chi connectivity index (χ0v) is 17.2. The average molecular weight is 407 g/mol. The molecule has 0 aliphatic carbocycles. The van der Waals surface area contributed by atoms with E-state index in [1.807, 2.05) is 37.4 Å². The lowest BCUT2D eigenvalue weighted by atomic mass is 9.71. The Balaban J connectivity index is 1.87. The normalized spacial score (nSPS) is 18.6. The van der Waals surface area contributed by atoms with Gasteiger partial charge >= 0.3 is 0 Å². The number of carbonyl (C=O) groups excluding carboxylic acids is 2. The van der Waals surface area contributed by atoms with Crippen molar-refractivity contribution in [1.82, 2.24) is 9.97 Å². The van der Waals surface area contributed by atoms with Crippen LogP contribution in [0.1, 0.15) is 41.9 Å². The third-order valence-corrected chi connectivity index (χ3v) is 6.57. The lowest BCUT2D eigenvalue weighted by Gasteiger charge is -2.41. The first-order valence-electron chi connectivity index (χ1n) is 9.62. The van der Waals surface area contributed by atoms with Crippen molar-refractivity contribution in [2.75, 3.05) is 11.4 Å². The molecular weight excluding hydrogens is 384 g/mol. The van der Waals surface area contributed by atoms with Crippen molar-refractivity contribution in [2.45, 2.75) is 32.1 Å². The molecule has 1 aliphatic heterocycles. The van der Waals surface area contributed by atoms with Gasteiger partial charge in [-0.3, -0.25) is 14.6 Å². The first kappa shape index (κ1) is 19.3. The van der Waals surface area contributed by atoms with Crippen LogP contribution in [-0.4, -0.2) is 28.3 Å². The number of primary amides is 1. The van der Waals surface area contributed by atoms with Gasteiger partial charge in [0.05, 0.1) is 11.1 Å². The highest BCUT2D eigenvalue weighted by atomic mass is 32.1. The summed E-state index contributed by atoms with van der Waals surface area (Å²) in [6, 6.07) is 9.20. The largest absolute Gasteiger partial charge is 0.366 e. The summed E-state index contributed by atoms with van der Waals surface area (Å²) in [6.07, 6.45) is 4.44. The molecule has 7 heteroatoms. The Kier molecular flexibility index (Phi) is 4.92. The number of pyridine rings is 1. The fraction of sp³-hybridized carbons (Fsp3) is 0.273. The molecule has 1 unspecified atom stereocenters. The van der Waals surface area contributed by atoms with E-state index >= 15 is 0 Å². The Morgan fingerprint density at radius 3 is 2.66 bits per heavy atom. The number of likely N-dealkylation sites (N-methyl/N-ethyl adjacent to an activating group) is 1. The smallest absolute Gasteiger partial charge is 0.249 e. The lowest BCUT2D eigenvalue weighted by molar-refractivity contribution is -0.124. The van der Waals surface area contributed by atoms with Crippen molar-refractivity contribution in [1.29, 1.82) is 0 Å². The number of thiazole rings is 1. The summed E-state index contributed by atoms with van der Waals surface area (Å²) in [5.41, 5.74) is 8.59. The molecule has 2 aromatic heterocycles. The van der Waals surface area contributed by atoms with E-state index in [-0.39, 0.29) is 5.91 Å². The summed E-state index contributed by atoms with van der Waals surface area (Å²) in [5.74, 6) is -0.462. The molecule has 148 valence electrons. The van der Waals surface area contributed by atoms with Crippen molar-refractivity contribution >= 4 is 28.8 Å². The molecule has 29 heavy (non-hydrogen) atoms. The molecule has 1 atom stereocenters. The molecule has 3 heterocycles. The molecule has 2 amide bonds. The second-order valence-electron chi connectivity index (χ2n) is 7.10. The van der Waals surface area contributed by atoms with Gasteiger partial charge < -0.3 is 10.6 Å². The standard InChI is InChI=1S/C22H22N4O2S/c1-3-22(18-13-29-20(25-18)14-8-10-24-11-9-14)12-16-15(19(23)27)6-5-7-17(16)26(4-2)21(22)28/h5-11,13H,3-4,12H2,1-2H3,(H2,23,27). The van der Waals surface area contributed by atoms with Gasteiger partial charge in [0.1, 0.15) is 5.01 Å². The summed E-state index contributed by atoms with van der Waals surface area (Å²) in [7, 11) is 0. The SMILES string of the molecule is CCN1C(=O)C(CC)(c2csc(-c3ccncc3)n2)Cc2c(C(N)=O)cccc21. The number of nitrogens with two attached hydrogens (primary N) is 1. The van der Waals surface area contributed by atoms with Gasteiger partial charge in [-0.15, -0.1) is 11.3 Å². The zero-order chi connectivity index (χ0) is 20.6. The minimum Gasteiger partial charge on any atom is -0.366 e. The van der Waals surface area contributed by atoms with Crippen LogP contribution in [0.3, 0.4) is 0 Å². The Morgan fingerprint density at radius 1 is 1.24 bits per heavy atom. The number of carbonyl (C=O) groups is 2. The molecule has 0 radical (unpaired) electrons. The number of aromatic nitrogens is 2. The van der Waals surface area contributed by atoms with Gasteiger partial charge in [0.2, 0.25) is 11.8 Å². The van der Waals surface area contributed by atoms with E-state index in [9.17, 15) is 9.59 Å². The molecule has 6 nitrogen and oxygen atoms in total. The van der Waals surface area contributed by atoms with Gasteiger partial charge in [0, 0.05) is 41.1 Å². The van der Waals surface area contributed by atoms with Crippen LogP contribution in [-0.2, 0) is 16.6 Å². The Bertz CT molecular complexity index is 1080. The van der Waals surface area contributed by atoms with Gasteiger partial charge in [-0.2, -0.15) is 0 Å². The van der Waals surface area contributed by atoms with Crippen LogP contribution in [0.4, 0.5) is 5.69 Å². The van der Waals surface area contributed by atoms with E-state index < -0.39 is 11.3 Å². The summed E-state index contributed by atoms with van der Waals surface area (Å²) >= 11 is 1.51. The Hall–Kier alpha value is -3.06. The molecule has 2 N–H and O–H groups in total. The summed E-state index contributed by atoms with van der Waals surface area (Å²) < 4.78 is 0. The summed E-state index contributed by atoms with van der Waals surface area (Å²) in [6.45, 7) is 4.44. The fourth-order valence-electron chi connectivity index (χ4n) is 4.08. The molecule has 4 rings (SSSR count). The lowest BCUT2D eigenvalue weighted by Crippen LogP contribution is -2.52. The number of fused-ring (bicyclic) bond motifs is 1. The highest BCUT2D eigenvalue weighted by Crippen LogP contribution is 2.44. The second kappa shape index (κ2) is 7.40. The molecule has 0 bridgehead atoms. The number of rotatable bonds is 5. The van der Waals surface area contributed by atoms with Crippen molar-refractivity contribution in [2.24, 2.45) is 5.73 Å². The maximum Gasteiger partial charge on any atom is 0.249 e. The maximum atomic E-state index is 13.7. The molecule has 3 aromatic rings. The van der Waals surface area contributed by atoms with Crippen LogP contribution in [0.5, 0.6) is 0 Å². The first-order chi connectivity index (χ1) is 14.0. The van der Waals surface area contributed by atoms with E-state index in [1.165, 1.54) is 11.3 Å². The molecule has 1 aliphatic rings. The first-order valence-corrected chi connectivity index (χ1v) is 10.5. The number of hydrogen-bond acceptors (Lipinski definition) is 5. The average Bonchev–Trinajstić information content (AvgIpc) is 3.24. The third-order valence-electron chi connectivity index (χ3n) is 5.68. The van der Waals surface area contributed by atoms with Crippen LogP contribution >= 0.6 is 11.3 Å².